The third-order valence-corrected chi connectivity index (χ3v) is 1.52. The Morgan fingerprint density at radius 3 is 2.93 bits per heavy atom. The highest BCUT2D eigenvalue weighted by atomic mass is 16.3. The number of carbonyl (C=O) groups excluding carboxylic acids is 1. The minimum atomic E-state index is -0.837. The lowest BCUT2D eigenvalue weighted by Gasteiger charge is -1.91. The highest BCUT2D eigenvalue weighted by molar-refractivity contribution is 5.89. The molecule has 5 nitrogen and oxygen atoms in total. The Morgan fingerprint density at radius 2 is 2.33 bits per heavy atom. The van der Waals surface area contributed by atoms with E-state index in [1.54, 1.807) is 31.6 Å². The predicted octanol–water partition coefficient (Wildman–Crippen LogP) is 1.70. The number of hydrogen-bond donors (Lipinski definition) is 0. The Hall–Kier alpha value is -2.17. The van der Waals surface area contributed by atoms with Crippen molar-refractivity contribution in [3.05, 3.63) is 46.8 Å². The fourth-order valence-electron chi connectivity index (χ4n) is 0.871. The largest absolute Gasteiger partial charge is 0.311 e. The molecule has 1 aromatic rings. The van der Waals surface area contributed by atoms with E-state index in [0.29, 0.717) is 5.70 Å². The third kappa shape index (κ3) is 4.04. The van der Waals surface area contributed by atoms with Gasteiger partial charge in [0.1, 0.15) is 0 Å². The maximum absolute atomic E-state index is 10.6. The van der Waals surface area contributed by atoms with Crippen molar-refractivity contribution < 1.29 is 4.79 Å². The van der Waals surface area contributed by atoms with Crippen molar-refractivity contribution in [3.63, 3.8) is 0 Å². The maximum atomic E-state index is 10.6. The smallest absolute Gasteiger partial charge is 0.264 e. The summed E-state index contributed by atoms with van der Waals surface area (Å²) in [5.41, 5.74) is 1.24. The second-order valence-corrected chi connectivity index (χ2v) is 2.76. The standard InChI is InChI=1S/C10H9N3O2/c1-8(5-10(14)13-15)12-7-9-3-2-4-11-6-9/h2-7H,1H3/b8-5+,12-7+. The lowest BCUT2D eigenvalue weighted by atomic mass is 10.3. The minimum Gasteiger partial charge on any atom is -0.264 e. The molecule has 0 radical (unpaired) electrons. The van der Waals surface area contributed by atoms with E-state index >= 15 is 0 Å². The fourth-order valence-corrected chi connectivity index (χ4v) is 0.871. The topological polar surface area (TPSA) is 71.8 Å². The van der Waals surface area contributed by atoms with Crippen LogP contribution in [0.2, 0.25) is 0 Å². The van der Waals surface area contributed by atoms with E-state index < -0.39 is 5.91 Å². The number of aromatic nitrogens is 1. The minimum absolute atomic E-state index is 0.420. The van der Waals surface area contributed by atoms with Crippen LogP contribution < -0.4 is 0 Å². The zero-order valence-corrected chi connectivity index (χ0v) is 8.12. The summed E-state index contributed by atoms with van der Waals surface area (Å²) in [5, 5.41) is 2.23. The highest BCUT2D eigenvalue weighted by Crippen LogP contribution is 1.97. The van der Waals surface area contributed by atoms with Crippen molar-refractivity contribution in [3.8, 4) is 0 Å². The summed E-state index contributed by atoms with van der Waals surface area (Å²) in [6.45, 7) is 1.61. The van der Waals surface area contributed by atoms with Gasteiger partial charge in [0.2, 0.25) is 0 Å². The molecule has 0 fully saturated rings. The van der Waals surface area contributed by atoms with Gasteiger partial charge in [0.25, 0.3) is 0 Å². The monoisotopic (exact) mass is 203 g/mol. The number of nitrogens with zero attached hydrogens (tertiary/aromatic N) is 3. The van der Waals surface area contributed by atoms with Crippen LogP contribution in [0.5, 0.6) is 0 Å². The molecule has 5 heteroatoms. The van der Waals surface area contributed by atoms with Crippen molar-refractivity contribution in [2.24, 2.45) is 10.2 Å². The molecular weight excluding hydrogens is 194 g/mol. The van der Waals surface area contributed by atoms with Crippen LogP contribution in [0.3, 0.4) is 0 Å². The van der Waals surface area contributed by atoms with Crippen LogP contribution in [0, 0.1) is 4.91 Å². The molecule has 0 aromatic carbocycles. The van der Waals surface area contributed by atoms with Crippen LogP contribution in [-0.2, 0) is 4.79 Å². The van der Waals surface area contributed by atoms with E-state index in [9.17, 15) is 9.70 Å². The maximum Gasteiger partial charge on any atom is 0.311 e. The normalized spacial score (nSPS) is 11.7. The molecule has 0 bridgehead atoms. The van der Waals surface area contributed by atoms with Crippen LogP contribution in [0.25, 0.3) is 0 Å². The van der Waals surface area contributed by atoms with Crippen LogP contribution in [0.15, 0.2) is 46.5 Å². The molecule has 1 aromatic heterocycles. The van der Waals surface area contributed by atoms with Gasteiger partial charge in [0.15, 0.2) is 0 Å². The van der Waals surface area contributed by atoms with Crippen LogP contribution in [-0.4, -0.2) is 17.1 Å². The molecule has 76 valence electrons. The second-order valence-electron chi connectivity index (χ2n) is 2.76. The van der Waals surface area contributed by atoms with Crippen LogP contribution >= 0.6 is 0 Å². The van der Waals surface area contributed by atoms with Gasteiger partial charge in [-0.3, -0.25) is 14.8 Å². The second kappa shape index (κ2) is 5.54. The molecule has 0 unspecified atom stereocenters. The average Bonchev–Trinajstić information content (AvgIpc) is 2.27. The van der Waals surface area contributed by atoms with Gasteiger partial charge < -0.3 is 0 Å². The first kappa shape index (κ1) is 10.9. The van der Waals surface area contributed by atoms with Gasteiger partial charge in [-0.1, -0.05) is 6.07 Å². The molecule has 1 amide bonds. The van der Waals surface area contributed by atoms with E-state index in [1.165, 1.54) is 0 Å². The molecule has 0 aliphatic carbocycles. The lowest BCUT2D eigenvalue weighted by molar-refractivity contribution is -0.113. The van der Waals surface area contributed by atoms with E-state index in [2.05, 4.69) is 15.2 Å². The van der Waals surface area contributed by atoms with Crippen molar-refractivity contribution in [2.75, 3.05) is 0 Å². The van der Waals surface area contributed by atoms with Gasteiger partial charge >= 0.3 is 5.91 Å². The summed E-state index contributed by atoms with van der Waals surface area (Å²) in [5.74, 6) is -0.837. The van der Waals surface area contributed by atoms with E-state index in [0.717, 1.165) is 11.6 Å². The Morgan fingerprint density at radius 1 is 1.53 bits per heavy atom. The Labute approximate surface area is 86.5 Å². The van der Waals surface area contributed by atoms with Crippen molar-refractivity contribution in [1.29, 1.82) is 0 Å². The Balaban J connectivity index is 2.70. The number of carbonyl (C=O) groups is 1. The van der Waals surface area contributed by atoms with Crippen LogP contribution in [0.1, 0.15) is 12.5 Å². The van der Waals surface area contributed by atoms with Gasteiger partial charge in [-0.05, 0) is 13.0 Å². The number of rotatable bonds is 3. The van der Waals surface area contributed by atoms with E-state index in [1.807, 2.05) is 6.07 Å². The Kier molecular flexibility index (Phi) is 4.03. The van der Waals surface area contributed by atoms with Crippen molar-refractivity contribution in [1.82, 2.24) is 4.98 Å². The number of aliphatic imine (C=N–C) groups is 1. The van der Waals surface area contributed by atoms with Gasteiger partial charge in [-0.15, -0.1) is 4.91 Å². The van der Waals surface area contributed by atoms with E-state index in [4.69, 9.17) is 0 Å². The predicted molar refractivity (Wildman–Crippen MR) is 56.4 cm³/mol. The van der Waals surface area contributed by atoms with Gasteiger partial charge in [-0.25, -0.2) is 0 Å². The molecule has 15 heavy (non-hydrogen) atoms. The molecule has 0 saturated heterocycles. The van der Waals surface area contributed by atoms with Crippen molar-refractivity contribution >= 4 is 12.1 Å². The number of allylic oxidation sites excluding steroid dienone is 1. The summed E-state index contributed by atoms with van der Waals surface area (Å²) < 4.78 is 0. The average molecular weight is 203 g/mol. The number of hydrogen-bond acceptors (Lipinski definition) is 4. The fraction of sp³-hybridized carbons (Fsp3) is 0.100. The van der Waals surface area contributed by atoms with Gasteiger partial charge in [0.05, 0.1) is 0 Å². The summed E-state index contributed by atoms with van der Waals surface area (Å²) in [7, 11) is 0. The first-order valence-corrected chi connectivity index (χ1v) is 4.22. The molecule has 0 aliphatic heterocycles. The third-order valence-electron chi connectivity index (χ3n) is 1.52. The summed E-state index contributed by atoms with van der Waals surface area (Å²) >= 11 is 0. The van der Waals surface area contributed by atoms with Gasteiger partial charge in [-0.2, -0.15) is 0 Å². The molecular formula is C10H9N3O2. The molecule has 0 spiro atoms. The summed E-state index contributed by atoms with van der Waals surface area (Å²) in [4.78, 5) is 28.3. The zero-order valence-electron chi connectivity index (χ0n) is 8.12. The summed E-state index contributed by atoms with van der Waals surface area (Å²) in [6, 6.07) is 3.60. The van der Waals surface area contributed by atoms with Crippen molar-refractivity contribution in [2.45, 2.75) is 6.92 Å². The number of nitroso groups, excluding NO2 is 1. The molecule has 0 atom stereocenters. The first-order chi connectivity index (χ1) is 7.22. The quantitative estimate of drug-likeness (QED) is 0.426. The molecule has 0 N–H and O–H groups in total. The number of amides is 1. The Bertz CT molecular complexity index is 410. The van der Waals surface area contributed by atoms with Gasteiger partial charge in [0, 0.05) is 41.1 Å². The zero-order chi connectivity index (χ0) is 11.1. The highest BCUT2D eigenvalue weighted by Gasteiger charge is 1.94. The lowest BCUT2D eigenvalue weighted by Crippen LogP contribution is -1.87. The number of pyridine rings is 1. The van der Waals surface area contributed by atoms with E-state index in [-0.39, 0.29) is 0 Å². The molecule has 1 rings (SSSR count). The first-order valence-electron chi connectivity index (χ1n) is 4.22. The molecule has 0 saturated carbocycles. The molecule has 1 heterocycles. The SMILES string of the molecule is CC(=C\C(=O)N=O)/N=C/c1cccnc1. The van der Waals surface area contributed by atoms with Crippen LogP contribution in [0.4, 0.5) is 0 Å². The summed E-state index contributed by atoms with van der Waals surface area (Å²) in [6.07, 6.45) is 5.91. The molecule has 0 aliphatic rings.